The monoisotopic (exact) mass is 496 g/mol. The molecule has 34 heavy (non-hydrogen) atoms. The van der Waals surface area contributed by atoms with Crippen molar-refractivity contribution in [1.82, 2.24) is 9.78 Å². The maximum absolute atomic E-state index is 12.8. The second-order valence-corrected chi connectivity index (χ2v) is 9.01. The standard InChI is InChI=1S/C24H21ClN4O4S/c1-13-18-12-21(34-23(18)29(28-13)20-7-5-4-6-19(20)25)24(32)33-14(2)22(31)27-17-10-8-16(9-11-17)26-15(3)30/h4-12,14H,1-3H3,(H,26,30)(H,27,31). The third kappa shape index (κ3) is 4.95. The average Bonchev–Trinajstić information content (AvgIpc) is 3.36. The van der Waals surface area contributed by atoms with Crippen LogP contribution in [0.4, 0.5) is 11.4 Å². The number of carbonyl (C=O) groups excluding carboxylic acids is 3. The molecule has 10 heteroatoms. The minimum atomic E-state index is -1.02. The number of carbonyl (C=O) groups is 3. The Balaban J connectivity index is 1.46. The average molecular weight is 497 g/mol. The highest BCUT2D eigenvalue weighted by Crippen LogP contribution is 2.32. The van der Waals surface area contributed by atoms with Gasteiger partial charge in [-0.3, -0.25) is 9.59 Å². The molecule has 0 aliphatic heterocycles. The fourth-order valence-corrected chi connectivity index (χ4v) is 4.57. The van der Waals surface area contributed by atoms with E-state index in [0.717, 1.165) is 15.9 Å². The van der Waals surface area contributed by atoms with Crippen molar-refractivity contribution in [2.24, 2.45) is 0 Å². The molecule has 0 spiro atoms. The second kappa shape index (κ2) is 9.66. The number of thiophene rings is 1. The lowest BCUT2D eigenvalue weighted by Gasteiger charge is -2.13. The Hall–Kier alpha value is -3.69. The molecule has 1 unspecified atom stereocenters. The number of nitrogens with zero attached hydrogens (tertiary/aromatic N) is 2. The van der Waals surface area contributed by atoms with Crippen LogP contribution < -0.4 is 10.6 Å². The predicted octanol–water partition coefficient (Wildman–Crippen LogP) is 5.19. The van der Waals surface area contributed by atoms with Crippen LogP contribution in [0.3, 0.4) is 0 Å². The highest BCUT2D eigenvalue weighted by Gasteiger charge is 2.23. The van der Waals surface area contributed by atoms with E-state index in [2.05, 4.69) is 15.7 Å². The van der Waals surface area contributed by atoms with Crippen molar-refractivity contribution >= 4 is 62.3 Å². The molecule has 0 radical (unpaired) electrons. The van der Waals surface area contributed by atoms with Gasteiger partial charge in [0.1, 0.15) is 9.71 Å². The Bertz CT molecular complexity index is 1390. The molecule has 0 bridgehead atoms. The van der Waals surface area contributed by atoms with Gasteiger partial charge in [-0.05, 0) is 56.3 Å². The van der Waals surface area contributed by atoms with Gasteiger partial charge in [-0.2, -0.15) is 5.10 Å². The van der Waals surface area contributed by atoms with Gasteiger partial charge in [0, 0.05) is 23.7 Å². The first-order valence-corrected chi connectivity index (χ1v) is 11.6. The van der Waals surface area contributed by atoms with Crippen LogP contribution in [0, 0.1) is 6.92 Å². The Kier molecular flexibility index (Phi) is 6.67. The Morgan fingerprint density at radius 3 is 2.35 bits per heavy atom. The summed E-state index contributed by atoms with van der Waals surface area (Å²) in [5.74, 6) is -1.26. The van der Waals surface area contributed by atoms with E-state index in [1.165, 1.54) is 25.2 Å². The van der Waals surface area contributed by atoms with Crippen molar-refractivity contribution in [3.05, 3.63) is 70.2 Å². The highest BCUT2D eigenvalue weighted by molar-refractivity contribution is 7.20. The number of hydrogen-bond acceptors (Lipinski definition) is 6. The van der Waals surface area contributed by atoms with Crippen LogP contribution in [-0.4, -0.2) is 33.7 Å². The quantitative estimate of drug-likeness (QED) is 0.357. The van der Waals surface area contributed by atoms with Crippen LogP contribution >= 0.6 is 22.9 Å². The summed E-state index contributed by atoms with van der Waals surface area (Å²) in [6, 6.07) is 15.6. The fraction of sp³-hybridized carbons (Fsp3) is 0.167. The van der Waals surface area contributed by atoms with E-state index >= 15 is 0 Å². The topological polar surface area (TPSA) is 102 Å². The van der Waals surface area contributed by atoms with Crippen molar-refractivity contribution in [1.29, 1.82) is 0 Å². The number of benzene rings is 2. The number of amides is 2. The van der Waals surface area contributed by atoms with Crippen molar-refractivity contribution in [2.75, 3.05) is 10.6 Å². The highest BCUT2D eigenvalue weighted by atomic mass is 35.5. The number of hydrogen-bond donors (Lipinski definition) is 2. The fourth-order valence-electron chi connectivity index (χ4n) is 3.29. The van der Waals surface area contributed by atoms with Crippen LogP contribution in [0.2, 0.25) is 5.02 Å². The molecule has 2 amide bonds. The Morgan fingerprint density at radius 2 is 1.71 bits per heavy atom. The minimum absolute atomic E-state index is 0.187. The second-order valence-electron chi connectivity index (χ2n) is 7.57. The van der Waals surface area contributed by atoms with Crippen LogP contribution in [0.25, 0.3) is 15.9 Å². The van der Waals surface area contributed by atoms with Gasteiger partial charge in [0.15, 0.2) is 6.10 Å². The SMILES string of the molecule is CC(=O)Nc1ccc(NC(=O)C(C)OC(=O)c2cc3c(C)nn(-c4ccccc4Cl)c3s2)cc1. The lowest BCUT2D eigenvalue weighted by atomic mass is 10.2. The van der Waals surface area contributed by atoms with E-state index in [0.29, 0.717) is 27.0 Å². The largest absolute Gasteiger partial charge is 0.448 e. The van der Waals surface area contributed by atoms with Crippen molar-refractivity contribution in [3.63, 3.8) is 0 Å². The summed E-state index contributed by atoms with van der Waals surface area (Å²) in [6.45, 7) is 4.77. The van der Waals surface area contributed by atoms with Gasteiger partial charge >= 0.3 is 5.97 Å². The summed E-state index contributed by atoms with van der Waals surface area (Å²) in [4.78, 5) is 37.5. The third-order valence-corrected chi connectivity index (χ3v) is 6.36. The molecule has 8 nitrogen and oxygen atoms in total. The number of esters is 1. The number of aromatic nitrogens is 2. The van der Waals surface area contributed by atoms with Gasteiger partial charge in [-0.25, -0.2) is 9.48 Å². The number of para-hydroxylation sites is 1. The molecule has 2 N–H and O–H groups in total. The zero-order valence-electron chi connectivity index (χ0n) is 18.6. The molecule has 2 aromatic heterocycles. The number of ether oxygens (including phenoxy) is 1. The van der Waals surface area contributed by atoms with Crippen LogP contribution in [0.15, 0.2) is 54.6 Å². The molecule has 0 saturated heterocycles. The smallest absolute Gasteiger partial charge is 0.349 e. The molecule has 0 fully saturated rings. The molecule has 0 aliphatic carbocycles. The normalized spacial score (nSPS) is 11.8. The number of fused-ring (bicyclic) bond motifs is 1. The molecule has 174 valence electrons. The summed E-state index contributed by atoms with van der Waals surface area (Å²) in [5.41, 5.74) is 2.58. The number of aryl methyl sites for hydroxylation is 1. The molecule has 2 heterocycles. The summed E-state index contributed by atoms with van der Waals surface area (Å²) in [6.07, 6.45) is -1.02. The van der Waals surface area contributed by atoms with Gasteiger partial charge in [0.05, 0.1) is 16.4 Å². The molecule has 1 atom stereocenters. The first-order chi connectivity index (χ1) is 16.2. The molecule has 2 aromatic carbocycles. The van der Waals surface area contributed by atoms with E-state index in [9.17, 15) is 14.4 Å². The Morgan fingerprint density at radius 1 is 1.06 bits per heavy atom. The third-order valence-electron chi connectivity index (χ3n) is 4.95. The van der Waals surface area contributed by atoms with E-state index in [1.807, 2.05) is 25.1 Å². The van der Waals surface area contributed by atoms with E-state index in [1.54, 1.807) is 41.1 Å². The minimum Gasteiger partial charge on any atom is -0.448 e. The van der Waals surface area contributed by atoms with Gasteiger partial charge in [-0.15, -0.1) is 11.3 Å². The number of anilines is 2. The molecule has 4 rings (SSSR count). The molecule has 4 aromatic rings. The molecule has 0 saturated carbocycles. The number of nitrogens with one attached hydrogen (secondary N) is 2. The maximum Gasteiger partial charge on any atom is 0.349 e. The van der Waals surface area contributed by atoms with Crippen LogP contribution in [0.5, 0.6) is 0 Å². The summed E-state index contributed by atoms with van der Waals surface area (Å²) >= 11 is 7.55. The van der Waals surface area contributed by atoms with Gasteiger partial charge in [0.2, 0.25) is 5.91 Å². The summed E-state index contributed by atoms with van der Waals surface area (Å²) in [5, 5.41) is 11.2. The van der Waals surface area contributed by atoms with Crippen LogP contribution in [0.1, 0.15) is 29.2 Å². The van der Waals surface area contributed by atoms with Crippen molar-refractivity contribution < 1.29 is 19.1 Å². The van der Waals surface area contributed by atoms with Crippen LogP contribution in [-0.2, 0) is 14.3 Å². The van der Waals surface area contributed by atoms with Crippen molar-refractivity contribution in [2.45, 2.75) is 26.9 Å². The van der Waals surface area contributed by atoms with E-state index in [4.69, 9.17) is 16.3 Å². The predicted molar refractivity (Wildman–Crippen MR) is 133 cm³/mol. The Labute approximate surface area is 204 Å². The maximum atomic E-state index is 12.8. The lowest BCUT2D eigenvalue weighted by Crippen LogP contribution is -2.29. The first-order valence-electron chi connectivity index (χ1n) is 10.4. The van der Waals surface area contributed by atoms with Crippen molar-refractivity contribution in [3.8, 4) is 5.69 Å². The summed E-state index contributed by atoms with van der Waals surface area (Å²) < 4.78 is 7.11. The number of halogens is 1. The molecular weight excluding hydrogens is 476 g/mol. The molecule has 0 aliphatic rings. The van der Waals surface area contributed by atoms with E-state index in [-0.39, 0.29) is 5.91 Å². The molecular formula is C24H21ClN4O4S. The van der Waals surface area contributed by atoms with Gasteiger partial charge in [0.25, 0.3) is 5.91 Å². The first kappa shape index (κ1) is 23.5. The zero-order valence-corrected chi connectivity index (χ0v) is 20.2. The van der Waals surface area contributed by atoms with E-state index < -0.39 is 18.0 Å². The lowest BCUT2D eigenvalue weighted by molar-refractivity contribution is -0.123. The van der Waals surface area contributed by atoms with Gasteiger partial charge in [-0.1, -0.05) is 23.7 Å². The summed E-state index contributed by atoms with van der Waals surface area (Å²) in [7, 11) is 0. The van der Waals surface area contributed by atoms with Gasteiger partial charge < -0.3 is 15.4 Å². The number of rotatable bonds is 6. The zero-order chi connectivity index (χ0) is 24.4.